The Balaban J connectivity index is 1.73. The average molecular weight is 372 g/mol. The molecule has 0 spiro atoms. The van der Waals surface area contributed by atoms with Gasteiger partial charge in [0.05, 0.1) is 43.6 Å². The maximum Gasteiger partial charge on any atom is 0.112 e. The van der Waals surface area contributed by atoms with Gasteiger partial charge in [-0.3, -0.25) is 0 Å². The summed E-state index contributed by atoms with van der Waals surface area (Å²) in [5.74, 6) is 0.0565. The van der Waals surface area contributed by atoms with Crippen LogP contribution in [0.15, 0.2) is 11.6 Å². The SMILES string of the molecule is [B]C([B])([B])C(=O)[C@@]1([B])CCC2C3CC=C4C[C@@H](O)CC[C@]4(C)C3[C@@H](O)C[C@@]21C. The summed E-state index contributed by atoms with van der Waals surface area (Å²) in [5, 5.41) is 18.3. The first-order valence-corrected chi connectivity index (χ1v) is 10.6. The van der Waals surface area contributed by atoms with E-state index in [2.05, 4.69) is 13.0 Å². The largest absolute Gasteiger partial charge is 0.393 e. The number of Topliss-reactive ketones (excluding diaryl/α,β-unsaturated/α-hetero) is 1. The van der Waals surface area contributed by atoms with Crippen molar-refractivity contribution in [1.29, 1.82) is 0 Å². The normalized spacial score (nSPS) is 50.9. The molecule has 3 unspecified atom stereocenters. The Hall–Kier alpha value is -0.410. The molecule has 0 heterocycles. The van der Waals surface area contributed by atoms with E-state index in [0.717, 1.165) is 25.7 Å². The second kappa shape index (κ2) is 6.30. The minimum atomic E-state index is -1.97. The number of ketones is 1. The standard InChI is InChI=1S/C21H28B4O3/c1-18-7-5-12(26)9-11(18)3-4-13-14-6-8-20(22,17(28)21(23,24)25)19(14,2)10-15(27)16(13)18/h3,12-16,26-27H,4-10H2,1-2H3/t12-,13?,14?,15-,16?,18-,19-,20-/m0/s1. The molecule has 4 aliphatic rings. The summed E-state index contributed by atoms with van der Waals surface area (Å²) in [7, 11) is 23.9. The molecule has 0 aliphatic heterocycles. The molecule has 28 heavy (non-hydrogen) atoms. The van der Waals surface area contributed by atoms with Gasteiger partial charge in [0.15, 0.2) is 0 Å². The van der Waals surface area contributed by atoms with Crippen molar-refractivity contribution in [3.63, 3.8) is 0 Å². The third-order valence-electron chi connectivity index (χ3n) is 9.07. The molecular formula is C21H28B4O3. The summed E-state index contributed by atoms with van der Waals surface area (Å²) in [6.45, 7) is 4.26. The third-order valence-corrected chi connectivity index (χ3v) is 9.07. The topological polar surface area (TPSA) is 57.5 Å². The zero-order valence-corrected chi connectivity index (χ0v) is 17.0. The first-order chi connectivity index (χ1) is 12.8. The lowest BCUT2D eigenvalue weighted by atomic mass is 9.32. The molecular weight excluding hydrogens is 343 g/mol. The molecule has 0 aromatic rings. The van der Waals surface area contributed by atoms with Crippen molar-refractivity contribution in [3.05, 3.63) is 11.6 Å². The molecule has 0 bridgehead atoms. The molecule has 3 saturated carbocycles. The molecule has 0 aromatic heterocycles. The summed E-state index contributed by atoms with van der Waals surface area (Å²) in [6.07, 6.45) is 6.37. The molecule has 0 saturated heterocycles. The Bertz CT molecular complexity index is 719. The van der Waals surface area contributed by atoms with Gasteiger partial charge in [0.25, 0.3) is 0 Å². The molecule has 3 fully saturated rings. The van der Waals surface area contributed by atoms with Gasteiger partial charge in [-0.1, -0.05) is 30.6 Å². The molecule has 0 amide bonds. The number of carbonyl (C=O) groups is 1. The van der Waals surface area contributed by atoms with Gasteiger partial charge < -0.3 is 15.0 Å². The number of hydrogen-bond donors (Lipinski definition) is 2. The van der Waals surface area contributed by atoms with Crippen LogP contribution in [-0.4, -0.2) is 59.6 Å². The first kappa shape index (κ1) is 20.8. The second-order valence-electron chi connectivity index (χ2n) is 10.5. The van der Waals surface area contributed by atoms with Crippen LogP contribution in [0.1, 0.15) is 58.8 Å². The van der Waals surface area contributed by atoms with Crippen LogP contribution < -0.4 is 0 Å². The Kier molecular flexibility index (Phi) is 4.69. The lowest BCUT2D eigenvalue weighted by molar-refractivity contribution is -0.139. The molecule has 3 nitrogen and oxygen atoms in total. The van der Waals surface area contributed by atoms with Gasteiger partial charge in [-0.2, -0.15) is 0 Å². The summed E-state index contributed by atoms with van der Waals surface area (Å²) < 4.78 is 0. The third kappa shape index (κ3) is 2.64. The van der Waals surface area contributed by atoms with Crippen LogP contribution in [0.3, 0.4) is 0 Å². The van der Waals surface area contributed by atoms with Crippen LogP contribution in [-0.2, 0) is 4.79 Å². The van der Waals surface area contributed by atoms with E-state index in [0.29, 0.717) is 19.3 Å². The smallest absolute Gasteiger partial charge is 0.112 e. The van der Waals surface area contributed by atoms with E-state index in [-0.39, 0.29) is 29.3 Å². The number of aliphatic hydroxyl groups excluding tert-OH is 2. The van der Waals surface area contributed by atoms with Gasteiger partial charge in [-0.25, -0.2) is 0 Å². The molecule has 8 radical (unpaired) electrons. The first-order valence-electron chi connectivity index (χ1n) is 10.6. The number of rotatable bonds is 2. The monoisotopic (exact) mass is 372 g/mol. The highest BCUT2D eigenvalue weighted by molar-refractivity contribution is 6.70. The van der Waals surface area contributed by atoms with E-state index in [1.165, 1.54) is 5.57 Å². The molecule has 142 valence electrons. The van der Waals surface area contributed by atoms with Gasteiger partial charge in [0, 0.05) is 0 Å². The number of fused-ring (bicyclic) bond motifs is 5. The molecule has 2 N–H and O–H groups in total. The van der Waals surface area contributed by atoms with E-state index in [1.54, 1.807) is 0 Å². The van der Waals surface area contributed by atoms with Gasteiger partial charge in [0.2, 0.25) is 0 Å². The lowest BCUT2D eigenvalue weighted by Gasteiger charge is -2.61. The zero-order valence-electron chi connectivity index (χ0n) is 17.0. The fourth-order valence-corrected chi connectivity index (χ4v) is 7.59. The van der Waals surface area contributed by atoms with Crippen LogP contribution in [0, 0.1) is 28.6 Å². The van der Waals surface area contributed by atoms with E-state index in [4.69, 9.17) is 31.4 Å². The summed E-state index contributed by atoms with van der Waals surface area (Å²) in [5.41, 5.74) is 0.587. The molecule has 0 aromatic carbocycles. The summed E-state index contributed by atoms with van der Waals surface area (Å²) in [6, 6.07) is 0. The highest BCUT2D eigenvalue weighted by Gasteiger charge is 2.66. The Morgan fingerprint density at radius 2 is 1.86 bits per heavy atom. The fraction of sp³-hybridized carbons (Fsp3) is 0.857. The Morgan fingerprint density at radius 1 is 1.18 bits per heavy atom. The predicted molar refractivity (Wildman–Crippen MR) is 113 cm³/mol. The molecule has 8 atom stereocenters. The average Bonchev–Trinajstić information content (AvgIpc) is 2.85. The highest BCUT2D eigenvalue weighted by Crippen LogP contribution is 2.72. The minimum absolute atomic E-state index is 0.105. The van der Waals surface area contributed by atoms with Gasteiger partial charge >= 0.3 is 0 Å². The fourth-order valence-electron chi connectivity index (χ4n) is 7.59. The van der Waals surface area contributed by atoms with Crippen LogP contribution >= 0.6 is 0 Å². The van der Waals surface area contributed by atoms with E-state index in [9.17, 15) is 15.0 Å². The second-order valence-corrected chi connectivity index (χ2v) is 10.5. The van der Waals surface area contributed by atoms with E-state index >= 15 is 0 Å². The van der Waals surface area contributed by atoms with Crippen molar-refractivity contribution in [2.75, 3.05) is 0 Å². The van der Waals surface area contributed by atoms with Crippen LogP contribution in [0.5, 0.6) is 0 Å². The quantitative estimate of drug-likeness (QED) is 0.574. The summed E-state index contributed by atoms with van der Waals surface area (Å²) >= 11 is 0. The maximum absolute atomic E-state index is 13.0. The van der Waals surface area contributed by atoms with Crippen molar-refractivity contribution < 1.29 is 15.0 Å². The van der Waals surface area contributed by atoms with Crippen LogP contribution in [0.2, 0.25) is 10.4 Å². The maximum atomic E-state index is 13.0. The van der Waals surface area contributed by atoms with Gasteiger partial charge in [0.1, 0.15) is 5.78 Å². The van der Waals surface area contributed by atoms with Crippen molar-refractivity contribution in [1.82, 2.24) is 0 Å². The Morgan fingerprint density at radius 3 is 2.50 bits per heavy atom. The van der Waals surface area contributed by atoms with Gasteiger partial charge in [-0.05, 0) is 78.8 Å². The van der Waals surface area contributed by atoms with E-state index < -0.39 is 27.7 Å². The van der Waals surface area contributed by atoms with Crippen molar-refractivity contribution in [2.24, 2.45) is 28.6 Å². The number of carbonyl (C=O) groups excluding carboxylic acids is 1. The molecule has 4 rings (SSSR count). The van der Waals surface area contributed by atoms with Crippen molar-refractivity contribution in [3.8, 4) is 0 Å². The van der Waals surface area contributed by atoms with Crippen molar-refractivity contribution in [2.45, 2.75) is 81.4 Å². The molecule has 4 aliphatic carbocycles. The predicted octanol–water partition coefficient (Wildman–Crippen LogP) is 1.76. The number of allylic oxidation sites excluding steroid dienone is 1. The van der Waals surface area contributed by atoms with Gasteiger partial charge in [-0.15, -0.1) is 0 Å². The zero-order chi connectivity index (χ0) is 20.7. The highest BCUT2D eigenvalue weighted by atomic mass is 16.3. The minimum Gasteiger partial charge on any atom is -0.393 e. The van der Waals surface area contributed by atoms with Crippen LogP contribution in [0.4, 0.5) is 0 Å². The van der Waals surface area contributed by atoms with Crippen LogP contribution in [0.25, 0.3) is 0 Å². The lowest BCUT2D eigenvalue weighted by Crippen LogP contribution is -2.58. The van der Waals surface area contributed by atoms with E-state index in [1.807, 2.05) is 6.92 Å². The summed E-state index contributed by atoms with van der Waals surface area (Å²) in [4.78, 5) is 13.0. The Labute approximate surface area is 174 Å². The molecule has 7 heteroatoms. The number of aliphatic hydroxyl groups is 2. The number of hydrogen-bond acceptors (Lipinski definition) is 3. The van der Waals surface area contributed by atoms with Crippen molar-refractivity contribution >= 4 is 37.2 Å².